The van der Waals surface area contributed by atoms with Crippen LogP contribution < -0.4 is 15.4 Å². The lowest BCUT2D eigenvalue weighted by Gasteiger charge is -2.11. The van der Waals surface area contributed by atoms with E-state index >= 15 is 0 Å². The molecule has 144 valence electrons. The van der Waals surface area contributed by atoms with Crippen LogP contribution in [-0.4, -0.2) is 24.5 Å². The van der Waals surface area contributed by atoms with Crippen LogP contribution in [0.25, 0.3) is 0 Å². The number of nitrogens with zero attached hydrogens (tertiary/aromatic N) is 1. The van der Waals surface area contributed by atoms with E-state index in [-0.39, 0.29) is 5.91 Å². The molecule has 0 bridgehead atoms. The molecule has 3 aromatic rings. The largest absolute Gasteiger partial charge is 0.496 e. The zero-order chi connectivity index (χ0) is 19.9. The first-order valence-electron chi connectivity index (χ1n) is 8.97. The van der Waals surface area contributed by atoms with Crippen molar-refractivity contribution >= 4 is 29.0 Å². The predicted molar refractivity (Wildman–Crippen MR) is 114 cm³/mol. The second-order valence-electron chi connectivity index (χ2n) is 6.28. The molecule has 28 heavy (non-hydrogen) atoms. The van der Waals surface area contributed by atoms with Crippen LogP contribution in [-0.2, 0) is 6.42 Å². The van der Waals surface area contributed by atoms with Crippen molar-refractivity contribution in [3.8, 4) is 5.75 Å². The Labute approximate surface area is 169 Å². The Morgan fingerprint density at radius 2 is 1.96 bits per heavy atom. The first-order valence-corrected chi connectivity index (χ1v) is 9.34. The van der Waals surface area contributed by atoms with E-state index in [0.717, 1.165) is 23.3 Å². The molecule has 2 aromatic carbocycles. The van der Waals surface area contributed by atoms with Crippen LogP contribution in [0.15, 0.2) is 60.8 Å². The summed E-state index contributed by atoms with van der Waals surface area (Å²) in [5.41, 5.74) is 3.17. The summed E-state index contributed by atoms with van der Waals surface area (Å²) < 4.78 is 5.37. The van der Waals surface area contributed by atoms with Gasteiger partial charge in [-0.2, -0.15) is 0 Å². The molecule has 3 rings (SSSR count). The van der Waals surface area contributed by atoms with Crippen LogP contribution in [0.4, 0.5) is 11.5 Å². The second-order valence-corrected chi connectivity index (χ2v) is 6.69. The molecule has 0 saturated carbocycles. The van der Waals surface area contributed by atoms with Crippen molar-refractivity contribution in [1.29, 1.82) is 0 Å². The number of hydrogen-bond donors (Lipinski definition) is 2. The molecule has 0 radical (unpaired) electrons. The molecule has 5 nitrogen and oxygen atoms in total. The number of amides is 1. The predicted octanol–water partition coefficient (Wildman–Crippen LogP) is 4.96. The average Bonchev–Trinajstić information content (AvgIpc) is 2.72. The van der Waals surface area contributed by atoms with E-state index in [2.05, 4.69) is 15.6 Å². The standard InChI is InChI=1S/C22H22ClN3O2/c1-15-18(23)7-5-8-19(15)26-22(27)17-11-13-25-21(14-17)24-12-10-16-6-3-4-9-20(16)28-2/h3-9,11,13-14H,10,12H2,1-2H3,(H,24,25)(H,26,27). The number of benzene rings is 2. The van der Waals surface area contributed by atoms with Crippen molar-refractivity contribution in [2.75, 3.05) is 24.3 Å². The minimum Gasteiger partial charge on any atom is -0.496 e. The zero-order valence-corrected chi connectivity index (χ0v) is 16.6. The monoisotopic (exact) mass is 395 g/mol. The molecule has 0 spiro atoms. The number of pyridine rings is 1. The first kappa shape index (κ1) is 19.7. The topological polar surface area (TPSA) is 63.2 Å². The van der Waals surface area contributed by atoms with Gasteiger partial charge in [-0.25, -0.2) is 4.98 Å². The van der Waals surface area contributed by atoms with Gasteiger partial charge in [0.15, 0.2) is 0 Å². The van der Waals surface area contributed by atoms with Crippen molar-refractivity contribution in [2.24, 2.45) is 0 Å². The molecule has 6 heteroatoms. The Hall–Kier alpha value is -3.05. The lowest BCUT2D eigenvalue weighted by Crippen LogP contribution is -2.14. The lowest BCUT2D eigenvalue weighted by atomic mass is 10.1. The normalized spacial score (nSPS) is 10.4. The van der Waals surface area contributed by atoms with Crippen LogP contribution >= 0.6 is 11.6 Å². The van der Waals surface area contributed by atoms with Gasteiger partial charge in [0.2, 0.25) is 0 Å². The minimum atomic E-state index is -0.208. The van der Waals surface area contributed by atoms with Crippen LogP contribution in [0.3, 0.4) is 0 Å². The van der Waals surface area contributed by atoms with E-state index in [4.69, 9.17) is 16.3 Å². The van der Waals surface area contributed by atoms with Crippen LogP contribution in [0, 0.1) is 6.92 Å². The summed E-state index contributed by atoms with van der Waals surface area (Å²) in [5.74, 6) is 1.30. The minimum absolute atomic E-state index is 0.208. The number of anilines is 2. The van der Waals surface area contributed by atoms with Crippen molar-refractivity contribution in [2.45, 2.75) is 13.3 Å². The summed E-state index contributed by atoms with van der Waals surface area (Å²) in [5, 5.41) is 6.77. The number of halogens is 1. The highest BCUT2D eigenvalue weighted by Gasteiger charge is 2.10. The van der Waals surface area contributed by atoms with Crippen molar-refractivity contribution in [3.05, 3.63) is 82.5 Å². The Bertz CT molecular complexity index is 976. The quantitative estimate of drug-likeness (QED) is 0.593. The maximum Gasteiger partial charge on any atom is 0.255 e. The maximum absolute atomic E-state index is 12.6. The van der Waals surface area contributed by atoms with Gasteiger partial charge in [-0.05, 0) is 54.8 Å². The van der Waals surface area contributed by atoms with Crippen LogP contribution in [0.5, 0.6) is 5.75 Å². The number of nitrogens with one attached hydrogen (secondary N) is 2. The highest BCUT2D eigenvalue weighted by Crippen LogP contribution is 2.23. The van der Waals surface area contributed by atoms with Crippen molar-refractivity contribution < 1.29 is 9.53 Å². The van der Waals surface area contributed by atoms with Gasteiger partial charge in [0.05, 0.1) is 7.11 Å². The van der Waals surface area contributed by atoms with Gasteiger partial charge in [-0.3, -0.25) is 4.79 Å². The molecule has 0 aliphatic heterocycles. The van der Waals surface area contributed by atoms with Crippen LogP contribution in [0.2, 0.25) is 5.02 Å². The number of carbonyl (C=O) groups is 1. The fourth-order valence-electron chi connectivity index (χ4n) is 2.84. The van der Waals surface area contributed by atoms with Crippen molar-refractivity contribution in [3.63, 3.8) is 0 Å². The molecular weight excluding hydrogens is 374 g/mol. The summed E-state index contributed by atoms with van der Waals surface area (Å²) in [7, 11) is 1.66. The van der Waals surface area contributed by atoms with E-state index in [0.29, 0.717) is 28.6 Å². The van der Waals surface area contributed by atoms with E-state index in [1.165, 1.54) is 0 Å². The number of rotatable bonds is 7. The zero-order valence-electron chi connectivity index (χ0n) is 15.8. The Morgan fingerprint density at radius 3 is 2.79 bits per heavy atom. The molecule has 0 saturated heterocycles. The molecule has 0 atom stereocenters. The number of methoxy groups -OCH3 is 1. The molecule has 0 aliphatic carbocycles. The van der Waals surface area contributed by atoms with Gasteiger partial charge in [0.1, 0.15) is 11.6 Å². The van der Waals surface area contributed by atoms with Gasteiger partial charge in [0, 0.05) is 29.0 Å². The number of aromatic nitrogens is 1. The fourth-order valence-corrected chi connectivity index (χ4v) is 3.02. The average molecular weight is 396 g/mol. The fraction of sp³-hybridized carbons (Fsp3) is 0.182. The Balaban J connectivity index is 1.63. The summed E-state index contributed by atoms with van der Waals surface area (Å²) in [6.45, 7) is 2.54. The summed E-state index contributed by atoms with van der Waals surface area (Å²) in [6, 6.07) is 16.7. The highest BCUT2D eigenvalue weighted by molar-refractivity contribution is 6.31. The Kier molecular flexibility index (Phi) is 6.50. The summed E-state index contributed by atoms with van der Waals surface area (Å²) in [6.07, 6.45) is 2.40. The SMILES string of the molecule is COc1ccccc1CCNc1cc(C(=O)Nc2cccc(Cl)c2C)ccn1. The molecule has 1 heterocycles. The van der Waals surface area contributed by atoms with Gasteiger partial charge in [-0.1, -0.05) is 35.9 Å². The van der Waals surface area contributed by atoms with E-state index in [9.17, 15) is 4.79 Å². The number of hydrogen-bond acceptors (Lipinski definition) is 4. The lowest BCUT2D eigenvalue weighted by molar-refractivity contribution is 0.102. The first-order chi connectivity index (χ1) is 13.6. The Morgan fingerprint density at radius 1 is 1.14 bits per heavy atom. The third-order valence-electron chi connectivity index (χ3n) is 4.43. The van der Waals surface area contributed by atoms with Gasteiger partial charge < -0.3 is 15.4 Å². The highest BCUT2D eigenvalue weighted by atomic mass is 35.5. The third-order valence-corrected chi connectivity index (χ3v) is 4.84. The maximum atomic E-state index is 12.6. The number of para-hydroxylation sites is 1. The van der Waals surface area contributed by atoms with E-state index in [1.807, 2.05) is 43.3 Å². The van der Waals surface area contributed by atoms with Gasteiger partial charge in [0.25, 0.3) is 5.91 Å². The second kappa shape index (κ2) is 9.24. The summed E-state index contributed by atoms with van der Waals surface area (Å²) in [4.78, 5) is 16.9. The third kappa shape index (κ3) is 4.81. The van der Waals surface area contributed by atoms with Crippen molar-refractivity contribution in [1.82, 2.24) is 4.98 Å². The van der Waals surface area contributed by atoms with E-state index in [1.54, 1.807) is 31.5 Å². The molecular formula is C22H22ClN3O2. The molecule has 1 aromatic heterocycles. The smallest absolute Gasteiger partial charge is 0.255 e. The molecule has 0 aliphatic rings. The molecule has 1 amide bonds. The van der Waals surface area contributed by atoms with E-state index < -0.39 is 0 Å². The van der Waals surface area contributed by atoms with Gasteiger partial charge in [-0.15, -0.1) is 0 Å². The number of carbonyl (C=O) groups excluding carboxylic acids is 1. The summed E-state index contributed by atoms with van der Waals surface area (Å²) >= 11 is 6.12. The van der Waals surface area contributed by atoms with Gasteiger partial charge >= 0.3 is 0 Å². The molecule has 0 unspecified atom stereocenters. The van der Waals surface area contributed by atoms with Crippen LogP contribution in [0.1, 0.15) is 21.5 Å². The number of ether oxygens (including phenoxy) is 1. The molecule has 0 fully saturated rings. The molecule has 2 N–H and O–H groups in total.